The van der Waals surface area contributed by atoms with Gasteiger partial charge < -0.3 is 19.7 Å². The molecule has 1 aliphatic rings. The van der Waals surface area contributed by atoms with Crippen molar-refractivity contribution < 1.29 is 29.3 Å². The van der Waals surface area contributed by atoms with Crippen molar-refractivity contribution in [2.45, 2.75) is 72.1 Å². The van der Waals surface area contributed by atoms with Crippen molar-refractivity contribution in [2.24, 2.45) is 5.92 Å². The smallest absolute Gasteiger partial charge is 0.327 e. The molecular formula is C30H38O6. The topological polar surface area (TPSA) is 93.1 Å². The summed E-state index contributed by atoms with van der Waals surface area (Å²) < 4.78 is 12.2. The van der Waals surface area contributed by atoms with Gasteiger partial charge in [0.2, 0.25) is 0 Å². The summed E-state index contributed by atoms with van der Waals surface area (Å²) in [5.74, 6) is 0.695. The lowest BCUT2D eigenvalue weighted by molar-refractivity contribution is -0.131. The number of carboxylic acid groups (broad SMARTS) is 1. The van der Waals surface area contributed by atoms with E-state index in [0.29, 0.717) is 42.9 Å². The molecule has 0 saturated carbocycles. The molecule has 0 aliphatic heterocycles. The number of hydrogen-bond acceptors (Lipinski definition) is 5. The van der Waals surface area contributed by atoms with Crippen molar-refractivity contribution in [1.82, 2.24) is 0 Å². The number of carboxylic acids is 1. The average molecular weight is 495 g/mol. The van der Waals surface area contributed by atoms with Crippen molar-refractivity contribution in [3.63, 3.8) is 0 Å². The fourth-order valence-corrected chi connectivity index (χ4v) is 4.91. The van der Waals surface area contributed by atoms with Gasteiger partial charge in [0.05, 0.1) is 18.8 Å². The van der Waals surface area contributed by atoms with Crippen LogP contribution in [0.5, 0.6) is 17.2 Å². The zero-order valence-corrected chi connectivity index (χ0v) is 21.6. The molecule has 0 amide bonds. The molecule has 1 unspecified atom stereocenters. The van der Waals surface area contributed by atoms with E-state index >= 15 is 0 Å². The van der Waals surface area contributed by atoms with E-state index in [1.54, 1.807) is 12.1 Å². The SMILES string of the molecule is CCCc1c(OCCCOc2ccc3c(c2CCC)CC(/C=C\C(=O)O)CC3)ccc(C(C)=O)c1O. The van der Waals surface area contributed by atoms with Crippen molar-refractivity contribution in [1.29, 1.82) is 0 Å². The van der Waals surface area contributed by atoms with Gasteiger partial charge in [-0.3, -0.25) is 4.79 Å². The highest BCUT2D eigenvalue weighted by atomic mass is 16.5. The first-order valence-corrected chi connectivity index (χ1v) is 13.0. The highest BCUT2D eigenvalue weighted by Crippen LogP contribution is 2.35. The molecule has 6 heteroatoms. The van der Waals surface area contributed by atoms with Gasteiger partial charge in [0.1, 0.15) is 17.2 Å². The van der Waals surface area contributed by atoms with E-state index in [4.69, 9.17) is 14.6 Å². The molecule has 1 atom stereocenters. The summed E-state index contributed by atoms with van der Waals surface area (Å²) in [6, 6.07) is 7.59. The van der Waals surface area contributed by atoms with E-state index in [0.717, 1.165) is 44.3 Å². The highest BCUT2D eigenvalue weighted by Gasteiger charge is 2.22. The van der Waals surface area contributed by atoms with Gasteiger partial charge in [-0.25, -0.2) is 4.79 Å². The van der Waals surface area contributed by atoms with Crippen molar-refractivity contribution >= 4 is 11.8 Å². The Labute approximate surface area is 214 Å². The van der Waals surface area contributed by atoms with Crippen LogP contribution in [0, 0.1) is 5.92 Å². The molecule has 0 fully saturated rings. The number of phenolic OH excluding ortho intramolecular Hbond substituents is 1. The van der Waals surface area contributed by atoms with Crippen LogP contribution in [0.15, 0.2) is 36.4 Å². The van der Waals surface area contributed by atoms with Gasteiger partial charge in [-0.05, 0) is 79.8 Å². The molecule has 36 heavy (non-hydrogen) atoms. The minimum Gasteiger partial charge on any atom is -0.507 e. The standard InChI is InChI=1S/C30H38O6/c1-4-7-24-26-19-21(10-16-29(32)33)9-11-22(26)12-14-27(24)35-17-6-18-36-28-15-13-23(20(3)31)30(34)25(28)8-5-2/h10,12-16,21,34H,4-9,11,17-19H2,1-3H3,(H,32,33)/b16-10-. The van der Waals surface area contributed by atoms with E-state index in [2.05, 4.69) is 19.1 Å². The molecule has 0 bridgehead atoms. The molecule has 0 aromatic heterocycles. The van der Waals surface area contributed by atoms with Gasteiger partial charge in [0, 0.05) is 18.1 Å². The molecule has 3 rings (SSSR count). The summed E-state index contributed by atoms with van der Waals surface area (Å²) >= 11 is 0. The number of allylic oxidation sites excluding steroid dienone is 1. The summed E-state index contributed by atoms with van der Waals surface area (Å²) in [6.45, 7) is 6.56. The minimum atomic E-state index is -0.902. The van der Waals surface area contributed by atoms with Gasteiger partial charge in [-0.1, -0.05) is 38.8 Å². The van der Waals surface area contributed by atoms with Crippen LogP contribution in [-0.4, -0.2) is 35.2 Å². The maximum Gasteiger partial charge on any atom is 0.327 e. The molecule has 0 spiro atoms. The van der Waals surface area contributed by atoms with Gasteiger partial charge in [0.25, 0.3) is 0 Å². The predicted octanol–water partition coefficient (Wildman–Crippen LogP) is 6.09. The highest BCUT2D eigenvalue weighted by molar-refractivity contribution is 5.97. The Morgan fingerprint density at radius 3 is 2.28 bits per heavy atom. The number of aromatic hydroxyl groups is 1. The van der Waals surface area contributed by atoms with Crippen LogP contribution >= 0.6 is 0 Å². The maximum atomic E-state index is 11.8. The number of carbonyl (C=O) groups excluding carboxylic acids is 1. The number of hydrogen-bond donors (Lipinski definition) is 2. The lowest BCUT2D eigenvalue weighted by Crippen LogP contribution is -2.16. The quantitative estimate of drug-likeness (QED) is 0.199. The number of aryl methyl sites for hydroxylation is 1. The van der Waals surface area contributed by atoms with E-state index in [-0.39, 0.29) is 17.5 Å². The van der Waals surface area contributed by atoms with Crippen LogP contribution in [0.25, 0.3) is 0 Å². The number of carbonyl (C=O) groups is 2. The molecule has 194 valence electrons. The summed E-state index contributed by atoms with van der Waals surface area (Å²) in [4.78, 5) is 22.7. The molecule has 0 heterocycles. The largest absolute Gasteiger partial charge is 0.507 e. The Balaban J connectivity index is 1.63. The molecule has 2 aromatic rings. The fourth-order valence-electron chi connectivity index (χ4n) is 4.91. The summed E-state index contributed by atoms with van der Waals surface area (Å²) in [6.07, 6.45) is 9.90. The van der Waals surface area contributed by atoms with E-state index in [9.17, 15) is 14.7 Å². The zero-order valence-electron chi connectivity index (χ0n) is 21.6. The minimum absolute atomic E-state index is 0.0212. The number of ketones is 1. The second kappa shape index (κ2) is 13.1. The molecule has 2 aromatic carbocycles. The molecular weight excluding hydrogens is 456 g/mol. The Kier molecular flexibility index (Phi) is 9.97. The fraction of sp³-hybridized carbons (Fsp3) is 0.467. The number of rotatable bonds is 13. The number of ether oxygens (including phenoxy) is 2. The molecule has 0 saturated heterocycles. The monoisotopic (exact) mass is 494 g/mol. The van der Waals surface area contributed by atoms with E-state index < -0.39 is 5.97 Å². The Morgan fingerprint density at radius 1 is 1.00 bits per heavy atom. The van der Waals surface area contributed by atoms with Crippen LogP contribution in [0.3, 0.4) is 0 Å². The number of aliphatic carboxylic acids is 1. The summed E-state index contributed by atoms with van der Waals surface area (Å²) in [5, 5.41) is 19.5. The number of fused-ring (bicyclic) bond motifs is 1. The third-order valence-corrected chi connectivity index (χ3v) is 6.67. The van der Waals surface area contributed by atoms with E-state index in [1.807, 2.05) is 13.0 Å². The predicted molar refractivity (Wildman–Crippen MR) is 140 cm³/mol. The molecule has 6 nitrogen and oxygen atoms in total. The second-order valence-electron chi connectivity index (χ2n) is 9.43. The Hall–Kier alpha value is -3.28. The average Bonchev–Trinajstić information content (AvgIpc) is 2.85. The molecule has 2 N–H and O–H groups in total. The maximum absolute atomic E-state index is 11.8. The van der Waals surface area contributed by atoms with Crippen LogP contribution in [0.4, 0.5) is 0 Å². The lowest BCUT2D eigenvalue weighted by Gasteiger charge is -2.26. The van der Waals surface area contributed by atoms with Crippen LogP contribution in [-0.2, 0) is 30.5 Å². The van der Waals surface area contributed by atoms with Crippen molar-refractivity contribution in [3.05, 3.63) is 64.2 Å². The molecule has 0 radical (unpaired) electrons. The first-order chi connectivity index (χ1) is 17.3. The van der Waals surface area contributed by atoms with Gasteiger partial charge >= 0.3 is 5.97 Å². The third kappa shape index (κ3) is 6.90. The van der Waals surface area contributed by atoms with Crippen molar-refractivity contribution in [2.75, 3.05) is 13.2 Å². The summed E-state index contributed by atoms with van der Waals surface area (Å²) in [5.41, 5.74) is 4.89. The van der Waals surface area contributed by atoms with Gasteiger partial charge in [-0.15, -0.1) is 0 Å². The van der Waals surface area contributed by atoms with Gasteiger partial charge in [0.15, 0.2) is 5.78 Å². The number of benzene rings is 2. The van der Waals surface area contributed by atoms with E-state index in [1.165, 1.54) is 29.7 Å². The normalized spacial score (nSPS) is 15.0. The lowest BCUT2D eigenvalue weighted by atomic mass is 9.80. The first kappa shape index (κ1) is 27.3. The van der Waals surface area contributed by atoms with Crippen LogP contribution in [0.1, 0.15) is 79.1 Å². The van der Waals surface area contributed by atoms with Crippen molar-refractivity contribution in [3.8, 4) is 17.2 Å². The zero-order chi connectivity index (χ0) is 26.1. The molecule has 1 aliphatic carbocycles. The second-order valence-corrected chi connectivity index (χ2v) is 9.43. The third-order valence-electron chi connectivity index (χ3n) is 6.67. The van der Waals surface area contributed by atoms with Crippen LogP contribution in [0.2, 0.25) is 0 Å². The Morgan fingerprint density at radius 2 is 1.64 bits per heavy atom. The number of phenols is 1. The Bertz CT molecular complexity index is 1100. The van der Waals surface area contributed by atoms with Gasteiger partial charge in [-0.2, -0.15) is 0 Å². The first-order valence-electron chi connectivity index (χ1n) is 13.0. The van der Waals surface area contributed by atoms with Crippen LogP contribution < -0.4 is 9.47 Å². The summed E-state index contributed by atoms with van der Waals surface area (Å²) in [7, 11) is 0. The number of Topliss-reactive ketones (excluding diaryl/α,β-unsaturated/α-hetero) is 1.